The van der Waals surface area contributed by atoms with E-state index in [2.05, 4.69) is 5.32 Å². The van der Waals surface area contributed by atoms with Gasteiger partial charge in [-0.05, 0) is 59.2 Å². The van der Waals surface area contributed by atoms with Gasteiger partial charge in [-0.2, -0.15) is 0 Å². The molecule has 0 fully saturated rings. The fourth-order valence-electron chi connectivity index (χ4n) is 1.50. The third-order valence-electron chi connectivity index (χ3n) is 2.46. The Morgan fingerprint density at radius 2 is 1.89 bits per heavy atom. The van der Waals surface area contributed by atoms with Crippen molar-refractivity contribution in [3.63, 3.8) is 0 Å². The number of halogens is 2. The minimum absolute atomic E-state index is 0.270. The Kier molecular flexibility index (Phi) is 4.34. The van der Waals surface area contributed by atoms with Gasteiger partial charge in [0.1, 0.15) is 5.82 Å². The number of thioether (sulfide) groups is 1. The summed E-state index contributed by atoms with van der Waals surface area (Å²) in [5, 5.41) is 3.11. The van der Waals surface area contributed by atoms with E-state index < -0.39 is 0 Å². The van der Waals surface area contributed by atoms with Crippen LogP contribution >= 0.6 is 34.4 Å². The van der Waals surface area contributed by atoms with Crippen LogP contribution in [-0.4, -0.2) is 6.26 Å². The predicted molar refractivity (Wildman–Crippen MR) is 85.0 cm³/mol. The van der Waals surface area contributed by atoms with E-state index in [1.54, 1.807) is 17.8 Å². The van der Waals surface area contributed by atoms with Crippen LogP contribution in [0.3, 0.4) is 0 Å². The minimum atomic E-state index is -0.270. The molecule has 0 spiro atoms. The molecule has 5 heteroatoms. The van der Waals surface area contributed by atoms with Crippen molar-refractivity contribution in [2.75, 3.05) is 17.3 Å². The molecule has 94 valence electrons. The van der Waals surface area contributed by atoms with Crippen molar-refractivity contribution in [3.8, 4) is 0 Å². The second kappa shape index (κ2) is 5.79. The topological polar surface area (TPSA) is 38.0 Å². The van der Waals surface area contributed by atoms with Crippen LogP contribution < -0.4 is 11.1 Å². The number of nitrogens with one attached hydrogen (secondary N) is 1. The second-order valence-corrected chi connectivity index (χ2v) is 5.75. The lowest BCUT2D eigenvalue weighted by molar-refractivity contribution is 0.621. The highest BCUT2D eigenvalue weighted by Gasteiger charge is 2.06. The molecule has 2 nitrogen and oxygen atoms in total. The summed E-state index contributed by atoms with van der Waals surface area (Å²) in [6.45, 7) is 0. The Hall–Kier alpha value is -0.950. The van der Waals surface area contributed by atoms with E-state index in [9.17, 15) is 4.39 Å². The third kappa shape index (κ3) is 3.08. The maximum atomic E-state index is 13.5. The molecule has 0 bridgehead atoms. The molecule has 18 heavy (non-hydrogen) atoms. The van der Waals surface area contributed by atoms with Crippen LogP contribution in [0, 0.1) is 9.39 Å². The van der Waals surface area contributed by atoms with E-state index in [4.69, 9.17) is 5.73 Å². The summed E-state index contributed by atoms with van der Waals surface area (Å²) in [6.07, 6.45) is 2.02. The van der Waals surface area contributed by atoms with Gasteiger partial charge < -0.3 is 11.1 Å². The molecule has 0 saturated carbocycles. The summed E-state index contributed by atoms with van der Waals surface area (Å²) in [6, 6.07) is 10.9. The summed E-state index contributed by atoms with van der Waals surface area (Å²) in [7, 11) is 0. The SMILES string of the molecule is CSc1ccc(Nc2cc(F)c(I)cc2N)cc1. The van der Waals surface area contributed by atoms with Crippen LogP contribution in [0.4, 0.5) is 21.5 Å². The monoisotopic (exact) mass is 374 g/mol. The Morgan fingerprint density at radius 3 is 2.50 bits per heavy atom. The number of hydrogen-bond acceptors (Lipinski definition) is 3. The number of nitrogen functional groups attached to an aromatic ring is 1. The zero-order valence-electron chi connectivity index (χ0n) is 9.71. The molecule has 0 aliphatic heterocycles. The van der Waals surface area contributed by atoms with Crippen LogP contribution in [0.15, 0.2) is 41.3 Å². The van der Waals surface area contributed by atoms with Crippen molar-refractivity contribution < 1.29 is 4.39 Å². The smallest absolute Gasteiger partial charge is 0.138 e. The predicted octanol–water partition coefficient (Wildman–Crippen LogP) is 4.48. The Balaban J connectivity index is 2.25. The lowest BCUT2D eigenvalue weighted by Crippen LogP contribution is -1.98. The fourth-order valence-corrected chi connectivity index (χ4v) is 2.40. The molecular weight excluding hydrogens is 362 g/mol. The normalized spacial score (nSPS) is 10.4. The van der Waals surface area contributed by atoms with Crippen molar-refractivity contribution in [1.82, 2.24) is 0 Å². The summed E-state index contributed by atoms with van der Waals surface area (Å²) in [5.74, 6) is -0.270. The molecule has 0 atom stereocenters. The van der Waals surface area contributed by atoms with Gasteiger partial charge in [-0.15, -0.1) is 11.8 Å². The number of anilines is 3. The largest absolute Gasteiger partial charge is 0.397 e. The van der Waals surface area contributed by atoms with E-state index in [-0.39, 0.29) is 5.82 Å². The fraction of sp³-hybridized carbons (Fsp3) is 0.0769. The van der Waals surface area contributed by atoms with Gasteiger partial charge in [-0.1, -0.05) is 0 Å². The molecule has 0 heterocycles. The van der Waals surface area contributed by atoms with Gasteiger partial charge in [0, 0.05) is 16.6 Å². The van der Waals surface area contributed by atoms with Crippen molar-refractivity contribution in [1.29, 1.82) is 0 Å². The zero-order valence-corrected chi connectivity index (χ0v) is 12.7. The lowest BCUT2D eigenvalue weighted by Gasteiger charge is -2.10. The summed E-state index contributed by atoms with van der Waals surface area (Å²) < 4.78 is 14.0. The van der Waals surface area contributed by atoms with Crippen LogP contribution in [-0.2, 0) is 0 Å². The number of rotatable bonds is 3. The first-order valence-corrected chi connectivity index (χ1v) is 7.56. The first-order chi connectivity index (χ1) is 8.60. The summed E-state index contributed by atoms with van der Waals surface area (Å²) in [5.41, 5.74) is 7.87. The molecule has 0 aliphatic carbocycles. The maximum Gasteiger partial charge on any atom is 0.138 e. The van der Waals surface area contributed by atoms with E-state index in [1.807, 2.05) is 53.1 Å². The molecule has 0 radical (unpaired) electrons. The first-order valence-electron chi connectivity index (χ1n) is 5.26. The molecule has 0 saturated heterocycles. The molecule has 0 aromatic heterocycles. The van der Waals surface area contributed by atoms with E-state index >= 15 is 0 Å². The molecule has 0 aliphatic rings. The van der Waals surface area contributed by atoms with Crippen molar-refractivity contribution in [3.05, 3.63) is 45.8 Å². The molecule has 2 aromatic rings. The second-order valence-electron chi connectivity index (χ2n) is 3.71. The van der Waals surface area contributed by atoms with Gasteiger partial charge >= 0.3 is 0 Å². The van der Waals surface area contributed by atoms with Gasteiger partial charge in [-0.25, -0.2) is 4.39 Å². The molecule has 0 amide bonds. The van der Waals surface area contributed by atoms with Gasteiger partial charge in [0.15, 0.2) is 0 Å². The highest BCUT2D eigenvalue weighted by Crippen LogP contribution is 2.28. The molecule has 0 unspecified atom stereocenters. The van der Waals surface area contributed by atoms with Crippen molar-refractivity contribution in [2.45, 2.75) is 4.90 Å². The number of nitrogens with two attached hydrogens (primary N) is 1. The maximum absolute atomic E-state index is 13.5. The third-order valence-corrected chi connectivity index (χ3v) is 4.03. The minimum Gasteiger partial charge on any atom is -0.397 e. The first kappa shape index (κ1) is 13.5. The highest BCUT2D eigenvalue weighted by molar-refractivity contribution is 14.1. The zero-order chi connectivity index (χ0) is 13.1. The number of hydrogen-bond donors (Lipinski definition) is 2. The van der Waals surface area contributed by atoms with E-state index in [0.29, 0.717) is 14.9 Å². The average molecular weight is 374 g/mol. The van der Waals surface area contributed by atoms with E-state index in [1.165, 1.54) is 11.0 Å². The van der Waals surface area contributed by atoms with Crippen LogP contribution in [0.5, 0.6) is 0 Å². The lowest BCUT2D eigenvalue weighted by atomic mass is 10.2. The van der Waals surface area contributed by atoms with Gasteiger partial charge in [0.05, 0.1) is 14.9 Å². The van der Waals surface area contributed by atoms with Gasteiger partial charge in [0.25, 0.3) is 0 Å². The summed E-state index contributed by atoms with van der Waals surface area (Å²) >= 11 is 3.60. The Labute approximate surface area is 123 Å². The van der Waals surface area contributed by atoms with Crippen LogP contribution in [0.25, 0.3) is 0 Å². The average Bonchev–Trinajstić information content (AvgIpc) is 2.37. The van der Waals surface area contributed by atoms with Crippen LogP contribution in [0.1, 0.15) is 0 Å². The molecular formula is C13H12FIN2S. The van der Waals surface area contributed by atoms with Gasteiger partial charge in [0.2, 0.25) is 0 Å². The highest BCUT2D eigenvalue weighted by atomic mass is 127. The quantitative estimate of drug-likeness (QED) is 0.473. The molecule has 3 N–H and O–H groups in total. The Bertz CT molecular complexity index is 558. The van der Waals surface area contributed by atoms with Crippen molar-refractivity contribution in [2.24, 2.45) is 0 Å². The molecule has 2 aromatic carbocycles. The number of benzene rings is 2. The molecule has 2 rings (SSSR count). The standard InChI is InChI=1S/C13H12FIN2S/c1-18-9-4-2-8(3-5-9)17-13-6-10(14)11(15)7-12(13)16/h2-7,17H,16H2,1H3. The van der Waals surface area contributed by atoms with Crippen molar-refractivity contribution >= 4 is 51.4 Å². The van der Waals surface area contributed by atoms with E-state index in [0.717, 1.165) is 5.69 Å². The van der Waals surface area contributed by atoms with Crippen LogP contribution in [0.2, 0.25) is 0 Å². The summed E-state index contributed by atoms with van der Waals surface area (Å²) in [4.78, 5) is 1.18. The Morgan fingerprint density at radius 1 is 1.22 bits per heavy atom. The van der Waals surface area contributed by atoms with Gasteiger partial charge in [-0.3, -0.25) is 0 Å².